The number of allylic oxidation sites excluding steroid dienone is 1. The minimum Gasteiger partial charge on any atom is -0.500 e. The molecule has 4 rings (SSSR count). The minimum atomic E-state index is -0.750. The summed E-state index contributed by atoms with van der Waals surface area (Å²) in [6, 6.07) is 11.4. The van der Waals surface area contributed by atoms with E-state index in [0.29, 0.717) is 21.7 Å². The number of nitriles is 1. The fraction of sp³-hybridized carbons (Fsp3) is 0.0455. The van der Waals surface area contributed by atoms with Crippen molar-refractivity contribution in [1.82, 2.24) is 4.98 Å². The lowest BCUT2D eigenvalue weighted by Gasteiger charge is -2.05. The van der Waals surface area contributed by atoms with Crippen molar-refractivity contribution in [3.05, 3.63) is 77.4 Å². The van der Waals surface area contributed by atoms with E-state index in [1.165, 1.54) is 19.3 Å². The third kappa shape index (κ3) is 4.34. The first-order chi connectivity index (χ1) is 15.8. The predicted molar refractivity (Wildman–Crippen MR) is 126 cm³/mol. The number of benzene rings is 2. The van der Waals surface area contributed by atoms with Gasteiger partial charge in [0, 0.05) is 21.3 Å². The molecule has 2 aromatic heterocycles. The Morgan fingerprint density at radius 1 is 1.36 bits per heavy atom. The minimum absolute atomic E-state index is 0.104. The molecule has 0 radical (unpaired) electrons. The molecule has 0 spiro atoms. The van der Waals surface area contributed by atoms with Gasteiger partial charge in [0.15, 0.2) is 5.75 Å². The van der Waals surface area contributed by atoms with Crippen LogP contribution >= 0.6 is 27.3 Å². The quantitative estimate of drug-likeness (QED) is 0.159. The lowest BCUT2D eigenvalue weighted by Crippen LogP contribution is -2.03. The van der Waals surface area contributed by atoms with E-state index in [0.717, 1.165) is 21.9 Å². The maximum atomic E-state index is 12.5. The monoisotopic (exact) mass is 525 g/mol. The van der Waals surface area contributed by atoms with E-state index in [1.54, 1.807) is 29.6 Å². The molecule has 9 nitrogen and oxygen atoms in total. The number of phenolic OH excluding ortho intramolecular Hbond substituents is 1. The summed E-state index contributed by atoms with van der Waals surface area (Å²) in [5, 5.41) is 33.4. The van der Waals surface area contributed by atoms with Crippen molar-refractivity contribution in [2.75, 3.05) is 7.11 Å². The van der Waals surface area contributed by atoms with Gasteiger partial charge in [0.2, 0.25) is 5.75 Å². The van der Waals surface area contributed by atoms with Gasteiger partial charge in [-0.3, -0.25) is 10.1 Å². The van der Waals surface area contributed by atoms with Gasteiger partial charge in [0.1, 0.15) is 16.7 Å². The average Bonchev–Trinajstić information content (AvgIpc) is 3.27. The number of halogens is 1. The molecule has 0 aliphatic rings. The summed E-state index contributed by atoms with van der Waals surface area (Å²) in [6.45, 7) is 0. The van der Waals surface area contributed by atoms with Crippen LogP contribution < -0.4 is 10.4 Å². The molecule has 11 heteroatoms. The van der Waals surface area contributed by atoms with Crippen LogP contribution in [0.3, 0.4) is 0 Å². The maximum absolute atomic E-state index is 12.5. The van der Waals surface area contributed by atoms with E-state index in [1.807, 2.05) is 6.07 Å². The zero-order valence-corrected chi connectivity index (χ0v) is 19.1. The van der Waals surface area contributed by atoms with Crippen LogP contribution in [0.1, 0.15) is 10.6 Å². The molecule has 2 aromatic carbocycles. The Bertz CT molecular complexity index is 1550. The second-order valence-corrected chi connectivity index (χ2v) is 8.46. The molecule has 0 saturated carbocycles. The molecule has 0 aliphatic carbocycles. The Balaban J connectivity index is 1.77. The Labute approximate surface area is 198 Å². The van der Waals surface area contributed by atoms with Crippen molar-refractivity contribution >= 4 is 55.6 Å². The first kappa shape index (κ1) is 22.2. The molecule has 0 unspecified atom stereocenters. The maximum Gasteiger partial charge on any atom is 0.345 e. The largest absolute Gasteiger partial charge is 0.500 e. The van der Waals surface area contributed by atoms with E-state index in [2.05, 4.69) is 20.9 Å². The lowest BCUT2D eigenvalue weighted by molar-refractivity contribution is -0.386. The number of nitrogens with zero attached hydrogens (tertiary/aromatic N) is 3. The molecular weight excluding hydrogens is 514 g/mol. The van der Waals surface area contributed by atoms with Gasteiger partial charge in [0.05, 0.1) is 28.9 Å². The smallest absolute Gasteiger partial charge is 0.345 e. The number of aromatic nitrogens is 1. The highest BCUT2D eigenvalue weighted by molar-refractivity contribution is 9.10. The number of methoxy groups -OCH3 is 1. The average molecular weight is 526 g/mol. The van der Waals surface area contributed by atoms with Crippen LogP contribution in [0.4, 0.5) is 5.69 Å². The molecule has 1 N–H and O–H groups in total. The van der Waals surface area contributed by atoms with Gasteiger partial charge >= 0.3 is 11.3 Å². The van der Waals surface area contributed by atoms with Crippen molar-refractivity contribution in [3.63, 3.8) is 0 Å². The van der Waals surface area contributed by atoms with Crippen molar-refractivity contribution in [1.29, 1.82) is 5.26 Å². The lowest BCUT2D eigenvalue weighted by atomic mass is 10.1. The Kier molecular flexibility index (Phi) is 5.95. The number of rotatable bonds is 5. The van der Waals surface area contributed by atoms with Gasteiger partial charge in [-0.25, -0.2) is 9.78 Å². The van der Waals surface area contributed by atoms with Gasteiger partial charge in [-0.15, -0.1) is 11.3 Å². The summed E-state index contributed by atoms with van der Waals surface area (Å²) in [5.74, 6) is -0.711. The number of aromatic hydroxyl groups is 1. The van der Waals surface area contributed by atoms with E-state index in [9.17, 15) is 25.3 Å². The number of nitro groups is 1. The van der Waals surface area contributed by atoms with Crippen LogP contribution in [0.25, 0.3) is 33.9 Å². The van der Waals surface area contributed by atoms with Gasteiger partial charge in [-0.1, -0.05) is 15.9 Å². The van der Waals surface area contributed by atoms with Crippen LogP contribution in [-0.4, -0.2) is 22.1 Å². The second kappa shape index (κ2) is 8.85. The van der Waals surface area contributed by atoms with Crippen molar-refractivity contribution in [3.8, 4) is 28.8 Å². The van der Waals surface area contributed by atoms with E-state index in [4.69, 9.17) is 9.15 Å². The van der Waals surface area contributed by atoms with Crippen molar-refractivity contribution < 1.29 is 19.2 Å². The number of hydrogen-bond acceptors (Lipinski definition) is 9. The summed E-state index contributed by atoms with van der Waals surface area (Å²) in [7, 11) is 1.26. The van der Waals surface area contributed by atoms with Gasteiger partial charge < -0.3 is 14.3 Å². The summed E-state index contributed by atoms with van der Waals surface area (Å²) in [5.41, 5.74) is 0.257. The normalized spacial score (nSPS) is 11.4. The number of ether oxygens (including phenoxy) is 1. The summed E-state index contributed by atoms with van der Waals surface area (Å²) in [6.07, 6.45) is 1.39. The number of phenols is 1. The highest BCUT2D eigenvalue weighted by atomic mass is 79.9. The topological polar surface area (TPSA) is 139 Å². The second-order valence-electron chi connectivity index (χ2n) is 6.69. The van der Waals surface area contributed by atoms with Crippen LogP contribution in [0, 0.1) is 21.4 Å². The Morgan fingerprint density at radius 2 is 2.15 bits per heavy atom. The van der Waals surface area contributed by atoms with Gasteiger partial charge in [0.25, 0.3) is 0 Å². The number of thiazole rings is 1. The molecule has 33 heavy (non-hydrogen) atoms. The van der Waals surface area contributed by atoms with Crippen LogP contribution in [-0.2, 0) is 0 Å². The zero-order chi connectivity index (χ0) is 23.7. The van der Waals surface area contributed by atoms with Crippen LogP contribution in [0.15, 0.2) is 55.5 Å². The third-order valence-corrected chi connectivity index (χ3v) is 6.00. The third-order valence-electron chi connectivity index (χ3n) is 4.63. The van der Waals surface area contributed by atoms with E-state index in [-0.39, 0.29) is 22.4 Å². The molecule has 0 saturated heterocycles. The Morgan fingerprint density at radius 3 is 2.85 bits per heavy atom. The summed E-state index contributed by atoms with van der Waals surface area (Å²) < 4.78 is 11.2. The zero-order valence-electron chi connectivity index (χ0n) is 16.7. The molecule has 0 fully saturated rings. The van der Waals surface area contributed by atoms with Crippen molar-refractivity contribution in [2.24, 2.45) is 0 Å². The summed E-state index contributed by atoms with van der Waals surface area (Å²) in [4.78, 5) is 27.3. The van der Waals surface area contributed by atoms with Crippen LogP contribution in [0.5, 0.6) is 11.5 Å². The first-order valence-corrected chi connectivity index (χ1v) is 10.8. The van der Waals surface area contributed by atoms with Crippen LogP contribution in [0.2, 0.25) is 0 Å². The highest BCUT2D eigenvalue weighted by Gasteiger charge is 2.20. The Hall–Kier alpha value is -4.01. The molecule has 0 atom stereocenters. The fourth-order valence-corrected chi connectivity index (χ4v) is 4.26. The van der Waals surface area contributed by atoms with E-state index >= 15 is 0 Å². The standard InChI is InChI=1S/C22H12BrN3O6S/c1-31-19-6-11(5-17(20(19)27)26(29)30)4-13(9-24)21-25-16(10-33-21)15-8-12-7-14(23)2-3-18(12)32-22(15)28/h2-8,10,27H,1H3. The molecule has 164 valence electrons. The SMILES string of the molecule is COc1cc(C=C(C#N)c2nc(-c3cc4cc(Br)ccc4oc3=O)cs2)cc([N+](=O)[O-])c1O. The molecule has 0 amide bonds. The van der Waals surface area contributed by atoms with E-state index < -0.39 is 22.0 Å². The van der Waals surface area contributed by atoms with Crippen molar-refractivity contribution in [2.45, 2.75) is 0 Å². The number of nitro benzene ring substituents is 1. The molecule has 0 bridgehead atoms. The fourth-order valence-electron chi connectivity index (χ4n) is 3.09. The molecule has 0 aliphatic heterocycles. The molecule has 2 heterocycles. The highest BCUT2D eigenvalue weighted by Crippen LogP contribution is 2.38. The first-order valence-electron chi connectivity index (χ1n) is 9.17. The van der Waals surface area contributed by atoms with Gasteiger partial charge in [-0.2, -0.15) is 5.26 Å². The number of hydrogen-bond donors (Lipinski definition) is 1. The van der Waals surface area contributed by atoms with Gasteiger partial charge in [-0.05, 0) is 42.0 Å². The number of fused-ring (bicyclic) bond motifs is 1. The molecular formula is C22H12BrN3O6S. The molecule has 4 aromatic rings. The summed E-state index contributed by atoms with van der Waals surface area (Å²) >= 11 is 4.51. The predicted octanol–water partition coefficient (Wildman–Crippen LogP) is 5.37.